The van der Waals surface area contributed by atoms with E-state index in [0.717, 1.165) is 18.2 Å². The number of methoxy groups -OCH3 is 1. The van der Waals surface area contributed by atoms with Crippen LogP contribution in [0.2, 0.25) is 0 Å². The van der Waals surface area contributed by atoms with E-state index in [1.165, 1.54) is 18.0 Å². The van der Waals surface area contributed by atoms with Gasteiger partial charge >= 0.3 is 0 Å². The van der Waals surface area contributed by atoms with E-state index in [1.54, 1.807) is 29.3 Å². The molecule has 10 nitrogen and oxygen atoms in total. The summed E-state index contributed by atoms with van der Waals surface area (Å²) in [5.41, 5.74) is 7.53. The Morgan fingerprint density at radius 3 is 2.51 bits per heavy atom. The number of primary amides is 1. The lowest BCUT2D eigenvalue weighted by atomic mass is 9.88. The lowest BCUT2D eigenvalue weighted by Crippen LogP contribution is -2.54. The van der Waals surface area contributed by atoms with Crippen LogP contribution >= 0.6 is 0 Å². The van der Waals surface area contributed by atoms with Crippen molar-refractivity contribution in [2.24, 2.45) is 5.73 Å². The van der Waals surface area contributed by atoms with Crippen molar-refractivity contribution in [3.63, 3.8) is 0 Å². The van der Waals surface area contributed by atoms with E-state index < -0.39 is 29.2 Å². The molecule has 43 heavy (non-hydrogen) atoms. The fourth-order valence-corrected chi connectivity index (χ4v) is 5.89. The van der Waals surface area contributed by atoms with Crippen LogP contribution in [0.25, 0.3) is 28.1 Å². The lowest BCUT2D eigenvalue weighted by Gasteiger charge is -2.44. The number of aliphatic hydroxyl groups is 1. The van der Waals surface area contributed by atoms with E-state index in [-0.39, 0.29) is 29.5 Å². The Hall–Kier alpha value is -4.84. The van der Waals surface area contributed by atoms with Gasteiger partial charge in [-0.15, -0.1) is 0 Å². The summed E-state index contributed by atoms with van der Waals surface area (Å²) in [5.74, 6) is -1.85. The molecule has 2 aliphatic rings. The van der Waals surface area contributed by atoms with Gasteiger partial charge in [0.25, 0.3) is 5.91 Å². The van der Waals surface area contributed by atoms with Gasteiger partial charge in [-0.1, -0.05) is 0 Å². The number of hydrogen-bond acceptors (Lipinski definition) is 7. The van der Waals surface area contributed by atoms with Crippen LogP contribution in [-0.4, -0.2) is 61.9 Å². The summed E-state index contributed by atoms with van der Waals surface area (Å²) in [5, 5.41) is 14.9. The number of halogens is 2. The molecule has 2 aliphatic heterocycles. The average molecular weight is 590 g/mol. The highest BCUT2D eigenvalue weighted by Gasteiger charge is 2.41. The summed E-state index contributed by atoms with van der Waals surface area (Å²) < 4.78 is 42.0. The summed E-state index contributed by atoms with van der Waals surface area (Å²) in [6, 6.07) is 7.98. The first-order valence-electron chi connectivity index (χ1n) is 13.7. The SMILES string of the molecule is COc1cc2c(cc1-c1cncc(C(N)=O)c1)-c1c(c(C(=O)N3CCC(O)CC3(C)C)nn1-c1cc(F)cc(F)c1)CO2. The van der Waals surface area contributed by atoms with Gasteiger partial charge in [0.15, 0.2) is 5.69 Å². The van der Waals surface area contributed by atoms with E-state index in [4.69, 9.17) is 15.2 Å². The monoisotopic (exact) mass is 589 g/mol. The number of aliphatic hydroxyl groups excluding tert-OH is 1. The number of carbonyl (C=O) groups is 2. The normalized spacial score (nSPS) is 17.1. The third-order valence-electron chi connectivity index (χ3n) is 7.94. The fourth-order valence-electron chi connectivity index (χ4n) is 5.89. The minimum atomic E-state index is -0.810. The summed E-state index contributed by atoms with van der Waals surface area (Å²) >= 11 is 0. The number of pyridine rings is 1. The standard InChI is InChI=1S/C31H29F2N5O5/c1-31(2)12-21(39)4-5-37(31)30(41)27-24-15-43-26-11-25(42-3)22(16-6-17(29(34)40)14-35-13-16)10-23(26)28(24)38(36-27)20-8-18(32)7-19(33)9-20/h6-11,13-14,21,39H,4-5,12,15H2,1-3H3,(H2,34,40). The highest BCUT2D eigenvalue weighted by molar-refractivity contribution is 5.98. The third-order valence-corrected chi connectivity index (χ3v) is 7.94. The van der Waals surface area contributed by atoms with E-state index in [0.29, 0.717) is 58.8 Å². The van der Waals surface area contributed by atoms with Gasteiger partial charge in [0.2, 0.25) is 5.91 Å². The van der Waals surface area contributed by atoms with Crippen molar-refractivity contribution >= 4 is 11.8 Å². The molecule has 1 unspecified atom stereocenters. The highest BCUT2D eigenvalue weighted by atomic mass is 19.1. The topological polar surface area (TPSA) is 133 Å². The second-order valence-corrected chi connectivity index (χ2v) is 11.3. The van der Waals surface area contributed by atoms with Crippen LogP contribution in [0.1, 0.15) is 53.1 Å². The van der Waals surface area contributed by atoms with E-state index in [2.05, 4.69) is 10.1 Å². The highest BCUT2D eigenvalue weighted by Crippen LogP contribution is 2.46. The fraction of sp³-hybridized carbons (Fsp3) is 0.290. The molecule has 2 aromatic heterocycles. The third kappa shape index (κ3) is 4.97. The smallest absolute Gasteiger partial charge is 0.275 e. The predicted molar refractivity (Wildman–Crippen MR) is 152 cm³/mol. The minimum Gasteiger partial charge on any atom is -0.496 e. The number of benzene rings is 2. The summed E-state index contributed by atoms with van der Waals surface area (Å²) in [6.45, 7) is 4.01. The Kier molecular flexibility index (Phi) is 6.88. The summed E-state index contributed by atoms with van der Waals surface area (Å²) in [4.78, 5) is 31.7. The first kappa shape index (κ1) is 28.3. The molecule has 4 heterocycles. The zero-order valence-electron chi connectivity index (χ0n) is 23.7. The van der Waals surface area contributed by atoms with Crippen LogP contribution in [0, 0.1) is 11.6 Å². The van der Waals surface area contributed by atoms with Crippen LogP contribution in [-0.2, 0) is 6.61 Å². The zero-order valence-corrected chi connectivity index (χ0v) is 23.7. The number of nitrogens with zero attached hydrogens (tertiary/aromatic N) is 4. The van der Waals surface area contributed by atoms with Gasteiger partial charge in [0.05, 0.1) is 30.2 Å². The molecule has 222 valence electrons. The number of carbonyl (C=O) groups excluding carboxylic acids is 2. The molecule has 2 amide bonds. The molecule has 4 aromatic rings. The van der Waals surface area contributed by atoms with Crippen molar-refractivity contribution in [3.05, 3.63) is 77.2 Å². The number of amides is 2. The van der Waals surface area contributed by atoms with Gasteiger partial charge in [-0.3, -0.25) is 14.6 Å². The van der Waals surface area contributed by atoms with Gasteiger partial charge in [-0.2, -0.15) is 5.10 Å². The van der Waals surface area contributed by atoms with Gasteiger partial charge in [-0.05, 0) is 51.0 Å². The maximum atomic E-state index is 14.5. The molecule has 1 fully saturated rings. The Morgan fingerprint density at radius 2 is 1.84 bits per heavy atom. The Bertz CT molecular complexity index is 1770. The van der Waals surface area contributed by atoms with Crippen LogP contribution < -0.4 is 15.2 Å². The quantitative estimate of drug-likeness (QED) is 0.356. The van der Waals surface area contributed by atoms with Crippen molar-refractivity contribution in [1.82, 2.24) is 19.7 Å². The van der Waals surface area contributed by atoms with Crippen LogP contribution in [0.5, 0.6) is 11.5 Å². The van der Waals surface area contributed by atoms with Crippen molar-refractivity contribution in [2.45, 2.75) is 44.9 Å². The number of aromatic nitrogens is 3. The average Bonchev–Trinajstić information content (AvgIpc) is 3.35. The maximum absolute atomic E-state index is 14.5. The molecule has 0 saturated carbocycles. The number of fused-ring (bicyclic) bond motifs is 3. The molecule has 0 aliphatic carbocycles. The largest absolute Gasteiger partial charge is 0.496 e. The number of ether oxygens (including phenoxy) is 2. The number of likely N-dealkylation sites (tertiary alicyclic amines) is 1. The predicted octanol–water partition coefficient (Wildman–Crippen LogP) is 4.25. The Morgan fingerprint density at radius 1 is 1.09 bits per heavy atom. The van der Waals surface area contributed by atoms with Crippen molar-refractivity contribution in [1.29, 1.82) is 0 Å². The Balaban J connectivity index is 1.58. The zero-order chi connectivity index (χ0) is 30.6. The molecule has 0 bridgehead atoms. The van der Waals surface area contributed by atoms with Crippen molar-refractivity contribution in [2.75, 3.05) is 13.7 Å². The number of hydrogen-bond donors (Lipinski definition) is 2. The molecule has 0 radical (unpaired) electrons. The van der Waals surface area contributed by atoms with E-state index in [9.17, 15) is 23.5 Å². The van der Waals surface area contributed by atoms with Gasteiger partial charge < -0.3 is 25.2 Å². The lowest BCUT2D eigenvalue weighted by molar-refractivity contribution is 0.00274. The van der Waals surface area contributed by atoms with Gasteiger partial charge in [0, 0.05) is 58.9 Å². The van der Waals surface area contributed by atoms with E-state index in [1.807, 2.05) is 13.8 Å². The van der Waals surface area contributed by atoms with Gasteiger partial charge in [0.1, 0.15) is 29.7 Å². The molecule has 6 rings (SSSR count). The van der Waals surface area contributed by atoms with Gasteiger partial charge in [-0.25, -0.2) is 13.5 Å². The molecular formula is C31H29F2N5O5. The molecular weight excluding hydrogens is 560 g/mol. The first-order valence-corrected chi connectivity index (χ1v) is 13.7. The molecule has 2 aromatic carbocycles. The molecule has 1 saturated heterocycles. The molecule has 12 heteroatoms. The molecule has 0 spiro atoms. The first-order chi connectivity index (χ1) is 20.5. The molecule has 1 atom stereocenters. The van der Waals surface area contributed by atoms with Crippen molar-refractivity contribution in [3.8, 4) is 39.6 Å². The maximum Gasteiger partial charge on any atom is 0.275 e. The molecule has 3 N–H and O–H groups in total. The second kappa shape index (κ2) is 10.5. The number of piperidine rings is 1. The van der Waals surface area contributed by atoms with Crippen LogP contribution in [0.4, 0.5) is 8.78 Å². The Labute approximate surface area is 245 Å². The minimum absolute atomic E-state index is 0.0423. The van der Waals surface area contributed by atoms with Crippen LogP contribution in [0.3, 0.4) is 0 Å². The number of nitrogens with two attached hydrogens (primary N) is 1. The van der Waals surface area contributed by atoms with E-state index >= 15 is 0 Å². The second-order valence-electron chi connectivity index (χ2n) is 11.3. The van der Waals surface area contributed by atoms with Crippen molar-refractivity contribution < 1.29 is 33.0 Å². The summed E-state index contributed by atoms with van der Waals surface area (Å²) in [7, 11) is 1.48. The summed E-state index contributed by atoms with van der Waals surface area (Å²) in [6.07, 6.45) is 3.16. The van der Waals surface area contributed by atoms with Crippen LogP contribution in [0.15, 0.2) is 48.8 Å². The number of rotatable bonds is 5.